The summed E-state index contributed by atoms with van der Waals surface area (Å²) in [5.41, 5.74) is 0.154. The molecule has 0 bridgehead atoms. The molecule has 6 heteroatoms. The highest BCUT2D eigenvalue weighted by Gasteiger charge is 2.36. The van der Waals surface area contributed by atoms with Crippen molar-refractivity contribution in [1.82, 2.24) is 0 Å². The second kappa shape index (κ2) is 12.2. The molecule has 4 rings (SSSR count). The van der Waals surface area contributed by atoms with Gasteiger partial charge in [-0.2, -0.15) is 8.78 Å². The SMILES string of the molecule is CCCC1CCC(C2CCC(CCc3ccc(OC(F)(F)c4cc(F)c(Cl)c(F)c4)cc3)CC2)CC1. The molecule has 0 spiro atoms. The monoisotopic (exact) mass is 524 g/mol. The van der Waals surface area contributed by atoms with E-state index in [0.29, 0.717) is 12.1 Å². The second-order valence-electron chi connectivity index (χ2n) is 10.9. The van der Waals surface area contributed by atoms with E-state index in [1.165, 1.54) is 76.3 Å². The van der Waals surface area contributed by atoms with Gasteiger partial charge in [0.25, 0.3) is 0 Å². The molecule has 36 heavy (non-hydrogen) atoms. The zero-order valence-corrected chi connectivity index (χ0v) is 21.8. The molecule has 2 aliphatic carbocycles. The molecule has 2 aliphatic rings. The third kappa shape index (κ3) is 6.96. The Hall–Kier alpha value is -1.75. The maximum absolute atomic E-state index is 14.4. The van der Waals surface area contributed by atoms with Gasteiger partial charge in [0.2, 0.25) is 0 Å². The molecule has 0 saturated heterocycles. The summed E-state index contributed by atoms with van der Waals surface area (Å²) in [6.45, 7) is 2.30. The van der Waals surface area contributed by atoms with E-state index in [1.54, 1.807) is 12.1 Å². The molecule has 198 valence electrons. The van der Waals surface area contributed by atoms with Gasteiger partial charge >= 0.3 is 6.11 Å². The molecule has 0 unspecified atom stereocenters. The van der Waals surface area contributed by atoms with Crippen molar-refractivity contribution >= 4 is 11.6 Å². The average molecular weight is 525 g/mol. The predicted molar refractivity (Wildman–Crippen MR) is 136 cm³/mol. The molecule has 0 amide bonds. The van der Waals surface area contributed by atoms with Gasteiger partial charge in [0.15, 0.2) is 0 Å². The van der Waals surface area contributed by atoms with Gasteiger partial charge in [-0.3, -0.25) is 0 Å². The van der Waals surface area contributed by atoms with Gasteiger partial charge in [-0.05, 0) is 92.0 Å². The van der Waals surface area contributed by atoms with Gasteiger partial charge in [0.05, 0.1) is 5.56 Å². The topological polar surface area (TPSA) is 9.23 Å². The molecule has 0 N–H and O–H groups in total. The molecule has 0 aliphatic heterocycles. The van der Waals surface area contributed by atoms with Crippen LogP contribution < -0.4 is 4.74 Å². The van der Waals surface area contributed by atoms with E-state index in [1.807, 2.05) is 0 Å². The molecule has 2 aromatic rings. The molecule has 0 radical (unpaired) electrons. The lowest BCUT2D eigenvalue weighted by atomic mass is 9.68. The van der Waals surface area contributed by atoms with Crippen LogP contribution in [0.2, 0.25) is 5.02 Å². The van der Waals surface area contributed by atoms with Crippen LogP contribution in [0.25, 0.3) is 0 Å². The Morgan fingerprint density at radius 1 is 0.806 bits per heavy atom. The Morgan fingerprint density at radius 3 is 1.81 bits per heavy atom. The summed E-state index contributed by atoms with van der Waals surface area (Å²) >= 11 is 5.38. The Balaban J connectivity index is 1.22. The highest BCUT2D eigenvalue weighted by atomic mass is 35.5. The third-order valence-corrected chi connectivity index (χ3v) is 8.84. The fourth-order valence-electron chi connectivity index (χ4n) is 6.33. The Bertz CT molecular complexity index is 954. The van der Waals surface area contributed by atoms with Gasteiger partial charge in [0, 0.05) is 0 Å². The van der Waals surface area contributed by atoms with Crippen LogP contribution in [0.4, 0.5) is 17.6 Å². The molecule has 0 heterocycles. The van der Waals surface area contributed by atoms with Crippen LogP contribution in [-0.2, 0) is 12.5 Å². The number of rotatable bonds is 9. The first kappa shape index (κ1) is 27.3. The van der Waals surface area contributed by atoms with E-state index in [2.05, 4.69) is 6.92 Å². The lowest BCUT2D eigenvalue weighted by Gasteiger charge is -2.38. The highest BCUT2D eigenvalue weighted by Crippen LogP contribution is 2.43. The van der Waals surface area contributed by atoms with Crippen molar-refractivity contribution in [2.45, 2.75) is 90.1 Å². The minimum absolute atomic E-state index is 0.0614. The molecule has 0 aromatic heterocycles. The largest absolute Gasteiger partial charge is 0.429 e. The normalized spacial score (nSPS) is 25.1. The quantitative estimate of drug-likeness (QED) is 0.234. The van der Waals surface area contributed by atoms with Crippen LogP contribution in [0.5, 0.6) is 5.75 Å². The first-order valence-electron chi connectivity index (χ1n) is 13.6. The number of alkyl halides is 2. The van der Waals surface area contributed by atoms with Gasteiger partial charge in [-0.15, -0.1) is 0 Å². The molecule has 1 nitrogen and oxygen atoms in total. The maximum Gasteiger partial charge on any atom is 0.426 e. The predicted octanol–water partition coefficient (Wildman–Crippen LogP) is 10.1. The van der Waals surface area contributed by atoms with E-state index in [9.17, 15) is 17.6 Å². The summed E-state index contributed by atoms with van der Waals surface area (Å²) in [6.07, 6.45) is 11.8. The van der Waals surface area contributed by atoms with Crippen LogP contribution in [0.3, 0.4) is 0 Å². The zero-order chi connectivity index (χ0) is 25.7. The van der Waals surface area contributed by atoms with Gasteiger partial charge in [-0.25, -0.2) is 8.78 Å². The smallest absolute Gasteiger partial charge is 0.426 e. The van der Waals surface area contributed by atoms with Crippen molar-refractivity contribution < 1.29 is 22.3 Å². The zero-order valence-electron chi connectivity index (χ0n) is 21.1. The Labute approximate surface area is 217 Å². The molecule has 0 atom stereocenters. The lowest BCUT2D eigenvalue weighted by Crippen LogP contribution is -2.26. The van der Waals surface area contributed by atoms with E-state index in [0.717, 1.165) is 42.1 Å². The number of ether oxygens (including phenoxy) is 1. The van der Waals surface area contributed by atoms with Crippen LogP contribution in [0.15, 0.2) is 36.4 Å². The van der Waals surface area contributed by atoms with Crippen LogP contribution >= 0.6 is 11.6 Å². The number of benzene rings is 2. The summed E-state index contributed by atoms with van der Waals surface area (Å²) < 4.78 is 60.8. The Morgan fingerprint density at radius 2 is 1.31 bits per heavy atom. The first-order valence-corrected chi connectivity index (χ1v) is 13.9. The number of hydrogen-bond acceptors (Lipinski definition) is 1. The molecule has 2 saturated carbocycles. The van der Waals surface area contributed by atoms with Crippen molar-refractivity contribution in [1.29, 1.82) is 0 Å². The average Bonchev–Trinajstić information content (AvgIpc) is 2.87. The van der Waals surface area contributed by atoms with Crippen molar-refractivity contribution in [3.8, 4) is 5.75 Å². The van der Waals surface area contributed by atoms with E-state index < -0.39 is 28.3 Å². The summed E-state index contributed by atoms with van der Waals surface area (Å²) in [7, 11) is 0. The summed E-state index contributed by atoms with van der Waals surface area (Å²) in [5, 5.41) is -0.818. The second-order valence-corrected chi connectivity index (χ2v) is 11.3. The fourth-order valence-corrected chi connectivity index (χ4v) is 6.44. The van der Waals surface area contributed by atoms with Crippen molar-refractivity contribution in [2.75, 3.05) is 0 Å². The van der Waals surface area contributed by atoms with Crippen LogP contribution in [0, 0.1) is 35.3 Å². The Kier molecular flexibility index (Phi) is 9.24. The number of aryl methyl sites for hydroxylation is 1. The van der Waals surface area contributed by atoms with Crippen LogP contribution in [-0.4, -0.2) is 0 Å². The lowest BCUT2D eigenvalue weighted by molar-refractivity contribution is -0.185. The van der Waals surface area contributed by atoms with Gasteiger partial charge < -0.3 is 4.74 Å². The van der Waals surface area contributed by atoms with Crippen LogP contribution in [0.1, 0.15) is 88.7 Å². The summed E-state index contributed by atoms with van der Waals surface area (Å²) in [5.74, 6) is 0.975. The fraction of sp³-hybridized carbons (Fsp3) is 0.600. The minimum atomic E-state index is -3.89. The van der Waals surface area contributed by atoms with Crippen molar-refractivity contribution in [3.05, 3.63) is 64.2 Å². The number of hydrogen-bond donors (Lipinski definition) is 0. The van der Waals surface area contributed by atoms with E-state index in [-0.39, 0.29) is 5.75 Å². The van der Waals surface area contributed by atoms with Gasteiger partial charge in [-0.1, -0.05) is 69.2 Å². The summed E-state index contributed by atoms with van der Waals surface area (Å²) in [4.78, 5) is 0. The standard InChI is InChI=1S/C30H37ClF4O/c1-2-3-20-6-12-23(13-7-20)24-14-8-21(9-15-24)4-5-22-10-16-26(17-11-22)36-30(34,35)25-18-27(32)29(31)28(33)19-25/h10-11,16-21,23-24H,2-9,12-15H2,1H3. The van der Waals surface area contributed by atoms with E-state index >= 15 is 0 Å². The maximum atomic E-state index is 14.4. The highest BCUT2D eigenvalue weighted by molar-refractivity contribution is 6.30. The first-order chi connectivity index (χ1) is 17.2. The third-order valence-electron chi connectivity index (χ3n) is 8.48. The molecular formula is C30H37ClF4O. The summed E-state index contributed by atoms with van der Waals surface area (Å²) in [6, 6.07) is 7.52. The molecular weight excluding hydrogens is 488 g/mol. The molecule has 2 fully saturated rings. The van der Waals surface area contributed by atoms with E-state index in [4.69, 9.17) is 16.3 Å². The minimum Gasteiger partial charge on any atom is -0.429 e. The van der Waals surface area contributed by atoms with Crippen molar-refractivity contribution in [2.24, 2.45) is 23.7 Å². The van der Waals surface area contributed by atoms with Crippen molar-refractivity contribution in [3.63, 3.8) is 0 Å². The molecule has 2 aromatic carbocycles. The number of halogens is 5. The van der Waals surface area contributed by atoms with Gasteiger partial charge in [0.1, 0.15) is 22.4 Å².